The van der Waals surface area contributed by atoms with Crippen LogP contribution in [0.1, 0.15) is 32.6 Å². The van der Waals surface area contributed by atoms with E-state index in [-0.39, 0.29) is 24.7 Å². The van der Waals surface area contributed by atoms with Crippen LogP contribution in [0.5, 0.6) is 0 Å². The molecule has 4 heteroatoms. The molecule has 0 spiro atoms. The van der Waals surface area contributed by atoms with Crippen LogP contribution in [-0.2, 0) is 9.53 Å². The summed E-state index contributed by atoms with van der Waals surface area (Å²) in [5.41, 5.74) is 0. The van der Waals surface area contributed by atoms with E-state index in [4.69, 9.17) is 9.84 Å². The third-order valence-electron chi connectivity index (χ3n) is 3.20. The SMILES string of the molecule is CCC(NC1CCCC1CO)C(=O)OC. The number of ether oxygens (including phenoxy) is 1. The van der Waals surface area contributed by atoms with Crippen LogP contribution in [0.3, 0.4) is 0 Å². The smallest absolute Gasteiger partial charge is 0.322 e. The molecule has 0 bridgehead atoms. The van der Waals surface area contributed by atoms with Gasteiger partial charge in [0.25, 0.3) is 0 Å². The van der Waals surface area contributed by atoms with Crippen LogP contribution in [0.2, 0.25) is 0 Å². The van der Waals surface area contributed by atoms with Gasteiger partial charge in [-0.25, -0.2) is 0 Å². The molecule has 1 aliphatic carbocycles. The van der Waals surface area contributed by atoms with Crippen LogP contribution in [0.4, 0.5) is 0 Å². The van der Waals surface area contributed by atoms with Crippen molar-refractivity contribution in [2.24, 2.45) is 5.92 Å². The Bertz CT molecular complexity index is 208. The van der Waals surface area contributed by atoms with Crippen molar-refractivity contribution >= 4 is 5.97 Å². The standard InChI is InChI=1S/C11H21NO3/c1-3-9(11(14)15-2)12-10-6-4-5-8(10)7-13/h8-10,12-13H,3-7H2,1-2H3. The predicted octanol–water partition coefficient (Wildman–Crippen LogP) is 0.689. The summed E-state index contributed by atoms with van der Waals surface area (Å²) in [6, 6.07) is 0.0335. The van der Waals surface area contributed by atoms with Gasteiger partial charge in [-0.2, -0.15) is 0 Å². The number of aliphatic hydroxyl groups is 1. The Morgan fingerprint density at radius 3 is 2.87 bits per heavy atom. The van der Waals surface area contributed by atoms with Crippen LogP contribution >= 0.6 is 0 Å². The summed E-state index contributed by atoms with van der Waals surface area (Å²) in [7, 11) is 1.41. The van der Waals surface area contributed by atoms with E-state index < -0.39 is 0 Å². The Kier molecular flexibility index (Phi) is 5.05. The van der Waals surface area contributed by atoms with Crippen LogP contribution in [0, 0.1) is 5.92 Å². The summed E-state index contributed by atoms with van der Waals surface area (Å²) >= 11 is 0. The van der Waals surface area contributed by atoms with Crippen LogP contribution in [0.15, 0.2) is 0 Å². The number of esters is 1. The van der Waals surface area contributed by atoms with Crippen molar-refractivity contribution in [1.82, 2.24) is 5.32 Å². The first kappa shape index (κ1) is 12.5. The Labute approximate surface area is 91.0 Å². The lowest BCUT2D eigenvalue weighted by Crippen LogP contribution is -2.45. The molecule has 0 radical (unpaired) electrons. The minimum Gasteiger partial charge on any atom is -0.468 e. The monoisotopic (exact) mass is 215 g/mol. The number of nitrogens with one attached hydrogen (secondary N) is 1. The molecule has 0 aromatic rings. The van der Waals surface area contributed by atoms with E-state index in [1.807, 2.05) is 6.92 Å². The zero-order chi connectivity index (χ0) is 11.3. The van der Waals surface area contributed by atoms with Crippen molar-refractivity contribution in [3.8, 4) is 0 Å². The van der Waals surface area contributed by atoms with E-state index in [0.29, 0.717) is 5.92 Å². The summed E-state index contributed by atoms with van der Waals surface area (Å²) in [6.07, 6.45) is 3.94. The van der Waals surface area contributed by atoms with Crippen LogP contribution in [-0.4, -0.2) is 36.9 Å². The molecule has 1 fully saturated rings. The largest absolute Gasteiger partial charge is 0.468 e. The van der Waals surface area contributed by atoms with Gasteiger partial charge in [0, 0.05) is 12.6 Å². The minimum absolute atomic E-state index is 0.204. The van der Waals surface area contributed by atoms with Crippen LogP contribution in [0.25, 0.3) is 0 Å². The highest BCUT2D eigenvalue weighted by Gasteiger charge is 2.30. The van der Waals surface area contributed by atoms with E-state index >= 15 is 0 Å². The highest BCUT2D eigenvalue weighted by molar-refractivity contribution is 5.75. The number of rotatable bonds is 5. The number of aliphatic hydroxyl groups excluding tert-OH is 1. The molecule has 3 unspecified atom stereocenters. The molecule has 0 saturated heterocycles. The number of carbonyl (C=O) groups is 1. The van der Waals surface area contributed by atoms with Gasteiger partial charge >= 0.3 is 5.97 Å². The van der Waals surface area contributed by atoms with Crippen molar-refractivity contribution in [1.29, 1.82) is 0 Å². The van der Waals surface area contributed by atoms with Gasteiger partial charge in [-0.05, 0) is 25.2 Å². The topological polar surface area (TPSA) is 58.6 Å². The molecule has 1 aliphatic rings. The zero-order valence-corrected chi connectivity index (χ0v) is 9.53. The average molecular weight is 215 g/mol. The first-order chi connectivity index (χ1) is 7.22. The maximum absolute atomic E-state index is 11.4. The zero-order valence-electron chi connectivity index (χ0n) is 9.53. The van der Waals surface area contributed by atoms with Crippen molar-refractivity contribution in [2.45, 2.75) is 44.7 Å². The van der Waals surface area contributed by atoms with E-state index in [2.05, 4.69) is 5.32 Å². The molecule has 0 amide bonds. The van der Waals surface area contributed by atoms with Gasteiger partial charge < -0.3 is 15.2 Å². The Hall–Kier alpha value is -0.610. The first-order valence-corrected chi connectivity index (χ1v) is 5.67. The van der Waals surface area contributed by atoms with Crippen molar-refractivity contribution in [2.75, 3.05) is 13.7 Å². The average Bonchev–Trinajstić information content (AvgIpc) is 2.71. The lowest BCUT2D eigenvalue weighted by molar-refractivity contribution is -0.143. The maximum Gasteiger partial charge on any atom is 0.322 e. The molecule has 2 N–H and O–H groups in total. The summed E-state index contributed by atoms with van der Waals surface area (Å²) in [4.78, 5) is 11.4. The predicted molar refractivity (Wildman–Crippen MR) is 57.4 cm³/mol. The third kappa shape index (κ3) is 3.18. The summed E-state index contributed by atoms with van der Waals surface area (Å²) in [5.74, 6) is 0.0878. The fraction of sp³-hybridized carbons (Fsp3) is 0.909. The Balaban J connectivity index is 2.47. The van der Waals surface area contributed by atoms with E-state index in [1.165, 1.54) is 7.11 Å². The van der Waals surface area contributed by atoms with Crippen molar-refractivity contribution < 1.29 is 14.6 Å². The molecule has 0 heterocycles. The number of hydrogen-bond acceptors (Lipinski definition) is 4. The number of carbonyl (C=O) groups excluding carboxylic acids is 1. The van der Waals surface area contributed by atoms with Crippen molar-refractivity contribution in [3.05, 3.63) is 0 Å². The molecule has 1 saturated carbocycles. The fourth-order valence-electron chi connectivity index (χ4n) is 2.23. The third-order valence-corrected chi connectivity index (χ3v) is 3.20. The van der Waals surface area contributed by atoms with E-state index in [1.54, 1.807) is 0 Å². The molecule has 1 rings (SSSR count). The molecule has 88 valence electrons. The molecule has 3 atom stereocenters. The summed E-state index contributed by atoms with van der Waals surface area (Å²) in [6.45, 7) is 2.16. The molecular formula is C11H21NO3. The first-order valence-electron chi connectivity index (χ1n) is 5.67. The molecule has 15 heavy (non-hydrogen) atoms. The molecule has 0 aromatic carbocycles. The van der Waals surface area contributed by atoms with Gasteiger partial charge in [-0.1, -0.05) is 13.3 Å². The highest BCUT2D eigenvalue weighted by Crippen LogP contribution is 2.25. The number of methoxy groups -OCH3 is 1. The Morgan fingerprint density at radius 2 is 2.33 bits per heavy atom. The van der Waals surface area contributed by atoms with E-state index in [9.17, 15) is 4.79 Å². The quantitative estimate of drug-likeness (QED) is 0.662. The molecule has 4 nitrogen and oxygen atoms in total. The summed E-state index contributed by atoms with van der Waals surface area (Å²) in [5, 5.41) is 12.4. The normalized spacial score (nSPS) is 27.7. The van der Waals surface area contributed by atoms with Gasteiger partial charge in [0.05, 0.1) is 7.11 Å². The van der Waals surface area contributed by atoms with Gasteiger partial charge in [0.15, 0.2) is 0 Å². The van der Waals surface area contributed by atoms with Gasteiger partial charge in [-0.3, -0.25) is 4.79 Å². The lowest BCUT2D eigenvalue weighted by atomic mass is 10.0. The van der Waals surface area contributed by atoms with Gasteiger partial charge in [0.1, 0.15) is 6.04 Å². The second-order valence-corrected chi connectivity index (χ2v) is 4.13. The highest BCUT2D eigenvalue weighted by atomic mass is 16.5. The molecular weight excluding hydrogens is 194 g/mol. The van der Waals surface area contributed by atoms with Gasteiger partial charge in [-0.15, -0.1) is 0 Å². The van der Waals surface area contributed by atoms with E-state index in [0.717, 1.165) is 25.7 Å². The summed E-state index contributed by atoms with van der Waals surface area (Å²) < 4.78 is 4.72. The second-order valence-electron chi connectivity index (χ2n) is 4.13. The minimum atomic E-state index is -0.229. The molecule has 0 aliphatic heterocycles. The van der Waals surface area contributed by atoms with Crippen LogP contribution < -0.4 is 5.32 Å². The van der Waals surface area contributed by atoms with Crippen molar-refractivity contribution in [3.63, 3.8) is 0 Å². The Morgan fingerprint density at radius 1 is 1.60 bits per heavy atom. The van der Waals surface area contributed by atoms with Gasteiger partial charge in [0.2, 0.25) is 0 Å². The maximum atomic E-state index is 11.4. The number of hydrogen-bond donors (Lipinski definition) is 2. The lowest BCUT2D eigenvalue weighted by Gasteiger charge is -2.23. The fourth-order valence-corrected chi connectivity index (χ4v) is 2.23. The second kappa shape index (κ2) is 6.08. The molecule has 0 aromatic heterocycles.